The van der Waals surface area contributed by atoms with Crippen LogP contribution in [0.2, 0.25) is 0 Å². The van der Waals surface area contributed by atoms with Gasteiger partial charge in [-0.1, -0.05) is 24.3 Å². The molecule has 88 valence electrons. The molecule has 0 spiro atoms. The maximum atomic E-state index is 5.95. The van der Waals surface area contributed by atoms with Gasteiger partial charge in [0.1, 0.15) is 5.82 Å². The van der Waals surface area contributed by atoms with Gasteiger partial charge in [-0.3, -0.25) is 0 Å². The Balaban J connectivity index is 2.03. The number of aromatic nitrogens is 3. The fourth-order valence-corrected chi connectivity index (χ4v) is 2.27. The van der Waals surface area contributed by atoms with Crippen LogP contribution in [-0.4, -0.2) is 20.8 Å². The number of hydrogen-bond donors (Lipinski definition) is 1. The SMILES string of the molecule is Cc1ccccc1-c1nc2n(n1)CCC(N)C2. The average molecular weight is 228 g/mol. The molecule has 4 nitrogen and oxygen atoms in total. The van der Waals surface area contributed by atoms with E-state index in [0.29, 0.717) is 0 Å². The van der Waals surface area contributed by atoms with Gasteiger partial charge < -0.3 is 5.73 Å². The standard InChI is InChI=1S/C13H16N4/c1-9-4-2-3-5-11(9)13-15-12-8-10(14)6-7-17(12)16-13/h2-5,10H,6-8,14H2,1H3. The van der Waals surface area contributed by atoms with Crippen molar-refractivity contribution in [2.24, 2.45) is 5.73 Å². The van der Waals surface area contributed by atoms with Crippen LogP contribution in [0.4, 0.5) is 0 Å². The molecule has 1 aromatic carbocycles. The third-order valence-corrected chi connectivity index (χ3v) is 3.29. The molecule has 2 heterocycles. The molecular weight excluding hydrogens is 212 g/mol. The van der Waals surface area contributed by atoms with Crippen molar-refractivity contribution >= 4 is 0 Å². The third kappa shape index (κ3) is 1.85. The number of hydrogen-bond acceptors (Lipinski definition) is 3. The lowest BCUT2D eigenvalue weighted by atomic mass is 10.1. The molecule has 0 radical (unpaired) electrons. The summed E-state index contributed by atoms with van der Waals surface area (Å²) in [4.78, 5) is 4.60. The monoisotopic (exact) mass is 228 g/mol. The van der Waals surface area contributed by atoms with Gasteiger partial charge in [0.2, 0.25) is 0 Å². The van der Waals surface area contributed by atoms with E-state index in [1.807, 2.05) is 16.8 Å². The quantitative estimate of drug-likeness (QED) is 0.805. The van der Waals surface area contributed by atoms with E-state index in [9.17, 15) is 0 Å². The first-order valence-electron chi connectivity index (χ1n) is 5.99. The third-order valence-electron chi connectivity index (χ3n) is 3.29. The normalized spacial score (nSPS) is 19.1. The first-order chi connectivity index (χ1) is 8.24. The van der Waals surface area contributed by atoms with E-state index in [-0.39, 0.29) is 6.04 Å². The van der Waals surface area contributed by atoms with Gasteiger partial charge in [-0.2, -0.15) is 5.10 Å². The minimum atomic E-state index is 0.233. The summed E-state index contributed by atoms with van der Waals surface area (Å²) in [5.74, 6) is 1.84. The van der Waals surface area contributed by atoms with E-state index in [1.54, 1.807) is 0 Å². The Bertz CT molecular complexity index is 544. The van der Waals surface area contributed by atoms with Gasteiger partial charge in [0.05, 0.1) is 0 Å². The molecule has 0 aliphatic carbocycles. The molecule has 1 aromatic heterocycles. The van der Waals surface area contributed by atoms with E-state index in [1.165, 1.54) is 5.56 Å². The molecule has 2 aromatic rings. The van der Waals surface area contributed by atoms with Crippen LogP contribution in [0.25, 0.3) is 11.4 Å². The summed E-state index contributed by atoms with van der Waals surface area (Å²) in [6.07, 6.45) is 1.82. The number of rotatable bonds is 1. The highest BCUT2D eigenvalue weighted by molar-refractivity contribution is 5.59. The first-order valence-corrected chi connectivity index (χ1v) is 5.99. The Hall–Kier alpha value is -1.68. The molecule has 0 amide bonds. The van der Waals surface area contributed by atoms with Gasteiger partial charge in [0, 0.05) is 24.6 Å². The van der Waals surface area contributed by atoms with E-state index in [2.05, 4.69) is 29.1 Å². The Morgan fingerprint density at radius 3 is 3.00 bits per heavy atom. The molecule has 0 saturated carbocycles. The van der Waals surface area contributed by atoms with Crippen molar-refractivity contribution in [2.45, 2.75) is 32.4 Å². The van der Waals surface area contributed by atoms with Crippen LogP contribution >= 0.6 is 0 Å². The number of nitrogens with two attached hydrogens (primary N) is 1. The molecule has 1 atom stereocenters. The highest BCUT2D eigenvalue weighted by atomic mass is 15.4. The van der Waals surface area contributed by atoms with Crippen molar-refractivity contribution in [3.8, 4) is 11.4 Å². The van der Waals surface area contributed by atoms with Gasteiger partial charge in [-0.25, -0.2) is 9.67 Å². The van der Waals surface area contributed by atoms with E-state index in [4.69, 9.17) is 5.73 Å². The van der Waals surface area contributed by atoms with Gasteiger partial charge in [0.15, 0.2) is 5.82 Å². The second kappa shape index (κ2) is 3.96. The smallest absolute Gasteiger partial charge is 0.181 e. The zero-order chi connectivity index (χ0) is 11.8. The fourth-order valence-electron chi connectivity index (χ4n) is 2.27. The lowest BCUT2D eigenvalue weighted by molar-refractivity contribution is 0.433. The Morgan fingerprint density at radius 1 is 1.35 bits per heavy atom. The predicted octanol–water partition coefficient (Wildman–Crippen LogP) is 1.53. The number of nitrogens with zero attached hydrogens (tertiary/aromatic N) is 3. The number of fused-ring (bicyclic) bond motifs is 1. The van der Waals surface area contributed by atoms with Crippen LogP contribution in [0.3, 0.4) is 0 Å². The minimum absolute atomic E-state index is 0.233. The van der Waals surface area contributed by atoms with Gasteiger partial charge in [-0.15, -0.1) is 0 Å². The second-order valence-electron chi connectivity index (χ2n) is 4.64. The summed E-state index contributed by atoms with van der Waals surface area (Å²) < 4.78 is 1.99. The molecular formula is C13H16N4. The minimum Gasteiger partial charge on any atom is -0.327 e. The molecule has 0 saturated heterocycles. The van der Waals surface area contributed by atoms with Crippen molar-refractivity contribution in [3.63, 3.8) is 0 Å². The summed E-state index contributed by atoms with van der Waals surface area (Å²) in [5.41, 5.74) is 8.27. The Morgan fingerprint density at radius 2 is 2.18 bits per heavy atom. The lowest BCUT2D eigenvalue weighted by Gasteiger charge is -2.17. The molecule has 4 heteroatoms. The molecule has 2 N–H and O–H groups in total. The summed E-state index contributed by atoms with van der Waals surface area (Å²) in [6.45, 7) is 2.97. The van der Waals surface area contributed by atoms with Crippen LogP contribution in [0.5, 0.6) is 0 Å². The van der Waals surface area contributed by atoms with Crippen molar-refractivity contribution in [1.82, 2.24) is 14.8 Å². The topological polar surface area (TPSA) is 56.7 Å². The van der Waals surface area contributed by atoms with Crippen LogP contribution in [0.15, 0.2) is 24.3 Å². The molecule has 0 fully saturated rings. The average Bonchev–Trinajstić information content (AvgIpc) is 2.72. The largest absolute Gasteiger partial charge is 0.327 e. The predicted molar refractivity (Wildman–Crippen MR) is 66.5 cm³/mol. The fraction of sp³-hybridized carbons (Fsp3) is 0.385. The van der Waals surface area contributed by atoms with Gasteiger partial charge in [0.25, 0.3) is 0 Å². The number of benzene rings is 1. The maximum absolute atomic E-state index is 5.95. The van der Waals surface area contributed by atoms with Gasteiger partial charge in [-0.05, 0) is 18.9 Å². The molecule has 1 aliphatic heterocycles. The summed E-state index contributed by atoms with van der Waals surface area (Å²) in [6, 6.07) is 8.44. The van der Waals surface area contributed by atoms with Crippen LogP contribution < -0.4 is 5.73 Å². The summed E-state index contributed by atoms with van der Waals surface area (Å²) in [7, 11) is 0. The van der Waals surface area contributed by atoms with Crippen molar-refractivity contribution in [3.05, 3.63) is 35.7 Å². The molecule has 0 bridgehead atoms. The Labute approximate surface area is 100 Å². The van der Waals surface area contributed by atoms with Crippen molar-refractivity contribution in [2.75, 3.05) is 0 Å². The summed E-state index contributed by atoms with van der Waals surface area (Å²) >= 11 is 0. The first kappa shape index (κ1) is 10.5. The van der Waals surface area contributed by atoms with Crippen molar-refractivity contribution < 1.29 is 0 Å². The molecule has 17 heavy (non-hydrogen) atoms. The van der Waals surface area contributed by atoms with Crippen LogP contribution in [0, 0.1) is 6.92 Å². The van der Waals surface area contributed by atoms with E-state index < -0.39 is 0 Å². The highest BCUT2D eigenvalue weighted by Gasteiger charge is 2.19. The lowest BCUT2D eigenvalue weighted by Crippen LogP contribution is -2.31. The second-order valence-corrected chi connectivity index (χ2v) is 4.64. The van der Waals surface area contributed by atoms with Crippen molar-refractivity contribution in [1.29, 1.82) is 0 Å². The Kier molecular flexibility index (Phi) is 2.44. The maximum Gasteiger partial charge on any atom is 0.181 e. The highest BCUT2D eigenvalue weighted by Crippen LogP contribution is 2.22. The van der Waals surface area contributed by atoms with Crippen LogP contribution in [0.1, 0.15) is 17.8 Å². The molecule has 1 aliphatic rings. The van der Waals surface area contributed by atoms with Crippen LogP contribution in [-0.2, 0) is 13.0 Å². The van der Waals surface area contributed by atoms with Gasteiger partial charge >= 0.3 is 0 Å². The molecule has 3 rings (SSSR count). The zero-order valence-electron chi connectivity index (χ0n) is 9.93. The molecule has 1 unspecified atom stereocenters. The summed E-state index contributed by atoms with van der Waals surface area (Å²) in [5, 5.41) is 4.57. The van der Waals surface area contributed by atoms with E-state index in [0.717, 1.165) is 36.6 Å². The zero-order valence-corrected chi connectivity index (χ0v) is 9.93. The number of aryl methyl sites for hydroxylation is 2. The van der Waals surface area contributed by atoms with E-state index >= 15 is 0 Å².